The molecule has 0 spiro atoms. The maximum atomic E-state index is 12.9. The third-order valence-corrected chi connectivity index (χ3v) is 1.70. The first-order valence-electron chi connectivity index (χ1n) is 3.68. The van der Waals surface area contributed by atoms with Gasteiger partial charge >= 0.3 is 0 Å². The summed E-state index contributed by atoms with van der Waals surface area (Å²) in [6, 6.07) is 3.81. The number of rotatable bonds is 2. The number of halogens is 3. The van der Waals surface area contributed by atoms with Crippen LogP contribution >= 0.6 is 11.6 Å². The minimum Gasteiger partial charge on any atom is -0.207 e. The highest BCUT2D eigenvalue weighted by atomic mass is 35.5. The zero-order valence-electron chi connectivity index (χ0n) is 6.65. The van der Waals surface area contributed by atoms with Gasteiger partial charge in [-0.3, -0.25) is 0 Å². The largest absolute Gasteiger partial charge is 0.207 e. The average molecular weight is 191 g/mol. The fraction of sp³-hybridized carbons (Fsp3) is 0.333. The van der Waals surface area contributed by atoms with Crippen molar-refractivity contribution in [2.45, 2.75) is 18.7 Å². The smallest absolute Gasteiger partial charge is 0.129 e. The summed E-state index contributed by atoms with van der Waals surface area (Å²) in [5.74, 6) is -1.05. The Hall–Kier alpha value is -0.630. The van der Waals surface area contributed by atoms with Crippen LogP contribution in [-0.4, -0.2) is 5.38 Å². The molecule has 0 bridgehead atoms. The van der Waals surface area contributed by atoms with Gasteiger partial charge in [0.15, 0.2) is 0 Å². The average Bonchev–Trinajstić information content (AvgIpc) is 1.97. The van der Waals surface area contributed by atoms with Crippen LogP contribution in [0.4, 0.5) is 8.78 Å². The van der Waals surface area contributed by atoms with Gasteiger partial charge < -0.3 is 0 Å². The van der Waals surface area contributed by atoms with Crippen molar-refractivity contribution in [1.82, 2.24) is 0 Å². The molecule has 0 saturated heterocycles. The number of hydrogen-bond acceptors (Lipinski definition) is 0. The molecule has 3 heteroatoms. The lowest BCUT2D eigenvalue weighted by Crippen LogP contribution is -2.02. The zero-order chi connectivity index (χ0) is 9.14. The van der Waals surface area contributed by atoms with E-state index in [1.54, 1.807) is 6.92 Å². The van der Waals surface area contributed by atoms with Gasteiger partial charge in [0, 0.05) is 10.9 Å². The highest BCUT2D eigenvalue weighted by Crippen LogP contribution is 2.15. The van der Waals surface area contributed by atoms with E-state index in [9.17, 15) is 8.78 Å². The minimum atomic E-state index is -0.525. The van der Waals surface area contributed by atoms with Gasteiger partial charge in [-0.05, 0) is 25.5 Å². The summed E-state index contributed by atoms with van der Waals surface area (Å²) in [5.41, 5.74) is 0.0694. The number of hydrogen-bond donors (Lipinski definition) is 0. The molecular formula is C9H9ClF2. The Balaban J connectivity index is 2.96. The standard InChI is InChI=1S/C9H9ClF2/c1-6(10)5-7-8(11)3-2-4-9(7)12/h2-4,6H,5H2,1H3. The molecule has 0 heterocycles. The molecule has 0 radical (unpaired) electrons. The summed E-state index contributed by atoms with van der Waals surface area (Å²) >= 11 is 5.62. The van der Waals surface area contributed by atoms with Crippen molar-refractivity contribution >= 4 is 11.6 Å². The maximum Gasteiger partial charge on any atom is 0.129 e. The number of benzene rings is 1. The summed E-state index contributed by atoms with van der Waals surface area (Å²) in [6.45, 7) is 1.70. The van der Waals surface area contributed by atoms with Crippen LogP contribution in [-0.2, 0) is 6.42 Å². The van der Waals surface area contributed by atoms with Gasteiger partial charge in [0.1, 0.15) is 11.6 Å². The fourth-order valence-electron chi connectivity index (χ4n) is 1.01. The zero-order valence-corrected chi connectivity index (χ0v) is 7.41. The lowest BCUT2D eigenvalue weighted by atomic mass is 10.1. The second-order valence-corrected chi connectivity index (χ2v) is 3.43. The van der Waals surface area contributed by atoms with Crippen molar-refractivity contribution in [2.75, 3.05) is 0 Å². The van der Waals surface area contributed by atoms with Gasteiger partial charge in [0.05, 0.1) is 0 Å². The first kappa shape index (κ1) is 9.46. The van der Waals surface area contributed by atoms with E-state index in [1.165, 1.54) is 18.2 Å². The van der Waals surface area contributed by atoms with Crippen LogP contribution in [0, 0.1) is 11.6 Å². The van der Waals surface area contributed by atoms with E-state index < -0.39 is 11.6 Å². The lowest BCUT2D eigenvalue weighted by molar-refractivity contribution is 0.554. The molecule has 0 saturated carbocycles. The van der Waals surface area contributed by atoms with Crippen molar-refractivity contribution in [1.29, 1.82) is 0 Å². The topological polar surface area (TPSA) is 0 Å². The summed E-state index contributed by atoms with van der Waals surface area (Å²) in [6.07, 6.45) is 0.222. The van der Waals surface area contributed by atoms with Crippen molar-refractivity contribution in [3.05, 3.63) is 35.4 Å². The van der Waals surface area contributed by atoms with Crippen LogP contribution in [0.1, 0.15) is 12.5 Å². The monoisotopic (exact) mass is 190 g/mol. The molecule has 66 valence electrons. The Morgan fingerprint density at radius 2 is 1.83 bits per heavy atom. The molecule has 1 aromatic rings. The predicted octanol–water partition coefficient (Wildman–Crippen LogP) is 3.13. The quantitative estimate of drug-likeness (QED) is 0.629. The highest BCUT2D eigenvalue weighted by Gasteiger charge is 2.10. The molecule has 0 amide bonds. The predicted molar refractivity (Wildman–Crippen MR) is 45.4 cm³/mol. The Kier molecular flexibility index (Phi) is 3.04. The molecule has 1 rings (SSSR count). The van der Waals surface area contributed by atoms with E-state index in [-0.39, 0.29) is 17.4 Å². The van der Waals surface area contributed by atoms with Crippen LogP contribution in [0.2, 0.25) is 0 Å². The maximum absolute atomic E-state index is 12.9. The van der Waals surface area contributed by atoms with E-state index in [0.717, 1.165) is 0 Å². The molecule has 0 nitrogen and oxygen atoms in total. The Morgan fingerprint density at radius 3 is 2.25 bits per heavy atom. The molecule has 1 unspecified atom stereocenters. The van der Waals surface area contributed by atoms with E-state index in [1.807, 2.05) is 0 Å². The molecule has 1 aromatic carbocycles. The van der Waals surface area contributed by atoms with E-state index >= 15 is 0 Å². The summed E-state index contributed by atoms with van der Waals surface area (Å²) < 4.78 is 25.8. The summed E-state index contributed by atoms with van der Waals surface area (Å²) in [5, 5.41) is -0.253. The van der Waals surface area contributed by atoms with E-state index in [2.05, 4.69) is 0 Å². The minimum absolute atomic E-state index is 0.0694. The third-order valence-electron chi connectivity index (χ3n) is 1.55. The van der Waals surface area contributed by atoms with Gasteiger partial charge in [-0.2, -0.15) is 0 Å². The summed E-state index contributed by atoms with van der Waals surface area (Å²) in [7, 11) is 0. The second-order valence-electron chi connectivity index (χ2n) is 2.69. The van der Waals surface area contributed by atoms with Crippen LogP contribution in [0.25, 0.3) is 0 Å². The molecule has 0 aliphatic heterocycles. The van der Waals surface area contributed by atoms with Crippen molar-refractivity contribution in [3.63, 3.8) is 0 Å². The van der Waals surface area contributed by atoms with E-state index in [0.29, 0.717) is 0 Å². The first-order chi connectivity index (χ1) is 5.61. The molecule has 0 fully saturated rings. The lowest BCUT2D eigenvalue weighted by Gasteiger charge is -2.05. The summed E-state index contributed by atoms with van der Waals surface area (Å²) in [4.78, 5) is 0. The molecule has 0 aliphatic carbocycles. The van der Waals surface area contributed by atoms with Crippen LogP contribution in [0.3, 0.4) is 0 Å². The van der Waals surface area contributed by atoms with Gasteiger partial charge in [0.25, 0.3) is 0 Å². The van der Waals surface area contributed by atoms with Crippen molar-refractivity contribution in [3.8, 4) is 0 Å². The molecule has 0 aromatic heterocycles. The highest BCUT2D eigenvalue weighted by molar-refractivity contribution is 6.20. The van der Waals surface area contributed by atoms with Gasteiger partial charge in [-0.25, -0.2) is 8.78 Å². The van der Waals surface area contributed by atoms with E-state index in [4.69, 9.17) is 11.6 Å². The normalized spacial score (nSPS) is 13.0. The number of alkyl halides is 1. The second kappa shape index (κ2) is 3.85. The Morgan fingerprint density at radius 1 is 1.33 bits per heavy atom. The van der Waals surface area contributed by atoms with Crippen LogP contribution in [0.5, 0.6) is 0 Å². The first-order valence-corrected chi connectivity index (χ1v) is 4.12. The molecule has 0 aliphatic rings. The third kappa shape index (κ3) is 2.18. The van der Waals surface area contributed by atoms with Gasteiger partial charge in [-0.1, -0.05) is 6.07 Å². The molecule has 1 atom stereocenters. The molecule has 12 heavy (non-hydrogen) atoms. The van der Waals surface area contributed by atoms with Crippen molar-refractivity contribution < 1.29 is 8.78 Å². The van der Waals surface area contributed by atoms with Gasteiger partial charge in [0.2, 0.25) is 0 Å². The SMILES string of the molecule is CC(Cl)Cc1c(F)cccc1F. The van der Waals surface area contributed by atoms with Crippen LogP contribution in [0.15, 0.2) is 18.2 Å². The molecule has 0 N–H and O–H groups in total. The Labute approximate surface area is 75.2 Å². The fourth-order valence-corrected chi connectivity index (χ4v) is 1.16. The Bertz CT molecular complexity index is 251. The van der Waals surface area contributed by atoms with Crippen molar-refractivity contribution in [2.24, 2.45) is 0 Å². The van der Waals surface area contributed by atoms with Gasteiger partial charge in [-0.15, -0.1) is 11.6 Å². The molecular weight excluding hydrogens is 182 g/mol. The van der Waals surface area contributed by atoms with Crippen LogP contribution < -0.4 is 0 Å².